The zero-order chi connectivity index (χ0) is 22.8. The smallest absolute Gasteiger partial charge is 0.164 e. The Hall–Kier alpha value is -2.73. The van der Waals surface area contributed by atoms with E-state index in [1.165, 1.54) is 12.5 Å². The molecule has 32 heavy (non-hydrogen) atoms. The molecule has 4 rings (SSSR count). The Kier molecular flexibility index (Phi) is 6.60. The van der Waals surface area contributed by atoms with Gasteiger partial charge in [0.1, 0.15) is 5.82 Å². The SMILES string of the molecule is CCc1nc2ccc(CCN3CC=C(c4cc(F)c(F)c(C)c4F)CC3)cc2nc1CC. The van der Waals surface area contributed by atoms with Crippen molar-refractivity contribution in [2.75, 3.05) is 19.6 Å². The van der Waals surface area contributed by atoms with E-state index in [1.54, 1.807) is 0 Å². The topological polar surface area (TPSA) is 29.0 Å². The summed E-state index contributed by atoms with van der Waals surface area (Å²) in [6, 6.07) is 7.24. The minimum absolute atomic E-state index is 0.173. The summed E-state index contributed by atoms with van der Waals surface area (Å²) >= 11 is 0. The first-order valence-corrected chi connectivity index (χ1v) is 11.3. The third kappa shape index (κ3) is 4.42. The lowest BCUT2D eigenvalue weighted by atomic mass is 9.96. The van der Waals surface area contributed by atoms with Crippen molar-refractivity contribution in [3.63, 3.8) is 0 Å². The largest absolute Gasteiger partial charge is 0.299 e. The predicted octanol–water partition coefficient (Wildman–Crippen LogP) is 5.81. The fourth-order valence-corrected chi connectivity index (χ4v) is 4.31. The van der Waals surface area contributed by atoms with E-state index >= 15 is 0 Å². The predicted molar refractivity (Wildman–Crippen MR) is 122 cm³/mol. The molecule has 0 fully saturated rings. The van der Waals surface area contributed by atoms with Gasteiger partial charge in [0.05, 0.1) is 22.4 Å². The number of nitrogens with zero attached hydrogens (tertiary/aromatic N) is 3. The Labute approximate surface area is 187 Å². The Morgan fingerprint density at radius 2 is 1.66 bits per heavy atom. The van der Waals surface area contributed by atoms with Crippen molar-refractivity contribution in [1.29, 1.82) is 0 Å². The van der Waals surface area contributed by atoms with Crippen molar-refractivity contribution in [2.24, 2.45) is 0 Å². The van der Waals surface area contributed by atoms with E-state index in [0.29, 0.717) is 13.0 Å². The van der Waals surface area contributed by atoms with Crippen LogP contribution in [0.2, 0.25) is 0 Å². The molecule has 1 aliphatic heterocycles. The highest BCUT2D eigenvalue weighted by Gasteiger charge is 2.20. The molecule has 2 heterocycles. The van der Waals surface area contributed by atoms with Crippen molar-refractivity contribution in [2.45, 2.75) is 46.5 Å². The van der Waals surface area contributed by atoms with Crippen LogP contribution in [0.15, 0.2) is 30.3 Å². The molecule has 0 unspecified atom stereocenters. The monoisotopic (exact) mass is 439 g/mol. The molecule has 0 saturated carbocycles. The lowest BCUT2D eigenvalue weighted by molar-refractivity contribution is 0.305. The molecule has 0 N–H and O–H groups in total. The molecule has 6 heteroatoms. The lowest BCUT2D eigenvalue weighted by Crippen LogP contribution is -2.30. The Morgan fingerprint density at radius 3 is 2.31 bits per heavy atom. The maximum atomic E-state index is 14.5. The van der Waals surface area contributed by atoms with E-state index in [1.807, 2.05) is 12.1 Å². The van der Waals surface area contributed by atoms with Crippen molar-refractivity contribution in [1.82, 2.24) is 14.9 Å². The standard InChI is InChI=1S/C26H28F3N3/c1-4-21-22(5-2)31-24-14-17(6-7-23(24)30-21)8-11-32-12-9-18(10-13-32)19-15-20(27)26(29)16(3)25(19)28/h6-7,9,14-15H,4-5,8,10-13H2,1-3H3. The van der Waals surface area contributed by atoms with Gasteiger partial charge in [-0.3, -0.25) is 4.90 Å². The van der Waals surface area contributed by atoms with Crippen LogP contribution in [0.5, 0.6) is 0 Å². The molecule has 3 nitrogen and oxygen atoms in total. The zero-order valence-electron chi connectivity index (χ0n) is 18.8. The average Bonchev–Trinajstić information content (AvgIpc) is 2.83. The Balaban J connectivity index is 1.44. The second kappa shape index (κ2) is 9.41. The normalized spacial score (nSPS) is 14.8. The highest BCUT2D eigenvalue weighted by Crippen LogP contribution is 2.29. The third-order valence-corrected chi connectivity index (χ3v) is 6.29. The van der Waals surface area contributed by atoms with Crippen LogP contribution >= 0.6 is 0 Å². The highest BCUT2D eigenvalue weighted by atomic mass is 19.2. The average molecular weight is 440 g/mol. The second-order valence-electron chi connectivity index (χ2n) is 8.34. The first-order valence-electron chi connectivity index (χ1n) is 11.3. The maximum Gasteiger partial charge on any atom is 0.164 e. The number of aryl methyl sites for hydroxylation is 2. The summed E-state index contributed by atoms with van der Waals surface area (Å²) in [4.78, 5) is 11.8. The molecule has 0 bridgehead atoms. The maximum absolute atomic E-state index is 14.5. The number of aromatic nitrogens is 2. The number of benzene rings is 2. The molecule has 0 atom stereocenters. The summed E-state index contributed by atoms with van der Waals surface area (Å²) in [5.41, 5.74) is 5.84. The fraction of sp³-hybridized carbons (Fsp3) is 0.385. The van der Waals surface area contributed by atoms with E-state index in [2.05, 4.69) is 30.9 Å². The number of hydrogen-bond acceptors (Lipinski definition) is 3. The molecule has 168 valence electrons. The molecule has 0 amide bonds. The van der Waals surface area contributed by atoms with E-state index < -0.39 is 17.5 Å². The van der Waals surface area contributed by atoms with Crippen LogP contribution < -0.4 is 0 Å². The van der Waals surface area contributed by atoms with Gasteiger partial charge >= 0.3 is 0 Å². The molecule has 0 radical (unpaired) electrons. The van der Waals surface area contributed by atoms with E-state index in [-0.39, 0.29) is 11.1 Å². The molecule has 0 spiro atoms. The minimum Gasteiger partial charge on any atom is -0.299 e. The summed E-state index contributed by atoms with van der Waals surface area (Å²) in [5.74, 6) is -2.78. The molecule has 0 aliphatic carbocycles. The van der Waals surface area contributed by atoms with Gasteiger partial charge in [-0.25, -0.2) is 23.1 Å². The van der Waals surface area contributed by atoms with Crippen LogP contribution in [-0.4, -0.2) is 34.5 Å². The lowest BCUT2D eigenvalue weighted by Gasteiger charge is -2.27. The molecule has 1 aromatic heterocycles. The molecule has 0 saturated heterocycles. The van der Waals surface area contributed by atoms with Crippen LogP contribution in [0.25, 0.3) is 16.6 Å². The fourth-order valence-electron chi connectivity index (χ4n) is 4.31. The molecular weight excluding hydrogens is 411 g/mol. The van der Waals surface area contributed by atoms with Gasteiger partial charge in [-0.05, 0) is 61.9 Å². The van der Waals surface area contributed by atoms with Crippen LogP contribution in [0.4, 0.5) is 13.2 Å². The summed E-state index contributed by atoms with van der Waals surface area (Å²) in [5, 5.41) is 0. The summed E-state index contributed by atoms with van der Waals surface area (Å²) in [7, 11) is 0. The van der Waals surface area contributed by atoms with Gasteiger partial charge in [0.2, 0.25) is 0 Å². The van der Waals surface area contributed by atoms with Gasteiger partial charge in [-0.15, -0.1) is 0 Å². The van der Waals surface area contributed by atoms with Crippen molar-refractivity contribution >= 4 is 16.6 Å². The minimum atomic E-state index is -1.11. The van der Waals surface area contributed by atoms with Gasteiger partial charge < -0.3 is 0 Å². The summed E-state index contributed by atoms with van der Waals surface area (Å²) < 4.78 is 41.8. The van der Waals surface area contributed by atoms with Crippen LogP contribution in [0, 0.1) is 24.4 Å². The first-order chi connectivity index (χ1) is 15.4. The molecule has 2 aromatic carbocycles. The molecule has 1 aliphatic rings. The zero-order valence-corrected chi connectivity index (χ0v) is 18.8. The number of rotatable bonds is 6. The number of hydrogen-bond donors (Lipinski definition) is 0. The van der Waals surface area contributed by atoms with Crippen LogP contribution in [-0.2, 0) is 19.3 Å². The molecular formula is C26H28F3N3. The van der Waals surface area contributed by atoms with Gasteiger partial charge in [-0.1, -0.05) is 26.0 Å². The highest BCUT2D eigenvalue weighted by molar-refractivity contribution is 5.75. The van der Waals surface area contributed by atoms with Gasteiger partial charge in [-0.2, -0.15) is 0 Å². The second-order valence-corrected chi connectivity index (χ2v) is 8.34. The molecule has 3 aromatic rings. The van der Waals surface area contributed by atoms with Crippen molar-refractivity contribution < 1.29 is 13.2 Å². The van der Waals surface area contributed by atoms with E-state index in [9.17, 15) is 13.2 Å². The van der Waals surface area contributed by atoms with Gasteiger partial charge in [0, 0.05) is 30.8 Å². The van der Waals surface area contributed by atoms with E-state index in [0.717, 1.165) is 66.4 Å². The number of halogens is 3. The summed E-state index contributed by atoms with van der Waals surface area (Å²) in [6.07, 6.45) is 5.15. The van der Waals surface area contributed by atoms with Gasteiger partial charge in [0.15, 0.2) is 11.6 Å². The number of fused-ring (bicyclic) bond motifs is 1. The van der Waals surface area contributed by atoms with Crippen molar-refractivity contribution in [3.8, 4) is 0 Å². The van der Waals surface area contributed by atoms with Crippen molar-refractivity contribution in [3.05, 3.63) is 75.9 Å². The third-order valence-electron chi connectivity index (χ3n) is 6.29. The van der Waals surface area contributed by atoms with E-state index in [4.69, 9.17) is 9.97 Å². The van der Waals surface area contributed by atoms with Crippen LogP contribution in [0.3, 0.4) is 0 Å². The van der Waals surface area contributed by atoms with Crippen LogP contribution in [0.1, 0.15) is 48.3 Å². The van der Waals surface area contributed by atoms with Gasteiger partial charge in [0.25, 0.3) is 0 Å². The first kappa shape index (κ1) is 22.5. The summed E-state index contributed by atoms with van der Waals surface area (Å²) in [6.45, 7) is 7.73. The quantitative estimate of drug-likeness (QED) is 0.454. The Morgan fingerprint density at radius 1 is 0.938 bits per heavy atom. The Bertz CT molecular complexity index is 1190.